The average Bonchev–Trinajstić information content (AvgIpc) is 2.28. The van der Waals surface area contributed by atoms with E-state index in [-0.39, 0.29) is 0 Å². The van der Waals surface area contributed by atoms with E-state index in [1.54, 1.807) is 0 Å². The first-order valence-corrected chi connectivity index (χ1v) is 9.26. The van der Waals surface area contributed by atoms with Gasteiger partial charge in [-0.2, -0.15) is 0 Å². The van der Waals surface area contributed by atoms with Crippen LogP contribution in [0.25, 0.3) is 0 Å². The molecular weight excluding hydrogens is 228 g/mol. The molecule has 2 nitrogen and oxygen atoms in total. The summed E-state index contributed by atoms with van der Waals surface area (Å²) in [5, 5.41) is 0. The summed E-state index contributed by atoms with van der Waals surface area (Å²) in [7, 11) is -1.49. The molecule has 0 saturated heterocycles. The lowest BCUT2D eigenvalue weighted by Gasteiger charge is -2.11. The third-order valence-corrected chi connectivity index (χ3v) is 2.63. The van der Waals surface area contributed by atoms with Gasteiger partial charge >= 0.3 is 0 Å². The lowest BCUT2D eigenvalue weighted by Crippen LogP contribution is -2.22. The predicted molar refractivity (Wildman–Crippen MR) is 72.9 cm³/mol. The minimum atomic E-state index is -1.49. The third kappa shape index (κ3) is 7.62. The fourth-order valence-corrected chi connectivity index (χ4v) is 1.51. The van der Waals surface area contributed by atoms with Crippen LogP contribution in [0.1, 0.15) is 12.0 Å². The molecule has 0 saturated carbocycles. The van der Waals surface area contributed by atoms with Gasteiger partial charge in [0.1, 0.15) is 0 Å². The van der Waals surface area contributed by atoms with E-state index in [1.807, 2.05) is 18.2 Å². The molecule has 0 aromatic heterocycles. The number of rotatable bonds is 5. The van der Waals surface area contributed by atoms with Crippen molar-refractivity contribution < 1.29 is 9.16 Å². The monoisotopic (exact) mass is 248 g/mol. The Hall–Kier alpha value is -1.24. The molecule has 1 aromatic rings. The molecule has 0 spiro atoms. The van der Waals surface area contributed by atoms with Gasteiger partial charge in [0.25, 0.3) is 8.32 Å². The maximum absolute atomic E-state index is 5.51. The molecular formula is C14H20O2Si. The number of benzene rings is 1. The number of hydrogen-bond acceptors (Lipinski definition) is 2. The molecule has 0 fully saturated rings. The van der Waals surface area contributed by atoms with Crippen LogP contribution >= 0.6 is 0 Å². The standard InChI is InChI=1S/C14H20O2Si/c1-17(2,3)16-12-8-7-11-15-13-14-9-5-4-6-10-14/h4-6,9-10H,7,11,13H2,1-3H3. The van der Waals surface area contributed by atoms with Crippen molar-refractivity contribution in [1.29, 1.82) is 0 Å². The Morgan fingerprint density at radius 1 is 1.12 bits per heavy atom. The fourth-order valence-electron chi connectivity index (χ4n) is 1.13. The second-order valence-corrected chi connectivity index (χ2v) is 9.21. The predicted octanol–water partition coefficient (Wildman–Crippen LogP) is 3.41. The maximum Gasteiger partial charge on any atom is 0.255 e. The summed E-state index contributed by atoms with van der Waals surface area (Å²) in [6.07, 6.45) is 3.48. The topological polar surface area (TPSA) is 18.5 Å². The van der Waals surface area contributed by atoms with Crippen molar-refractivity contribution in [1.82, 2.24) is 0 Å². The highest BCUT2D eigenvalue weighted by Crippen LogP contribution is 2.01. The highest BCUT2D eigenvalue weighted by molar-refractivity contribution is 6.70. The van der Waals surface area contributed by atoms with Gasteiger partial charge in [-0.25, -0.2) is 0 Å². The SMILES string of the molecule is C[Si](C)(C)OC#CCCOCc1ccccc1. The second kappa shape index (κ2) is 7.15. The highest BCUT2D eigenvalue weighted by Gasteiger charge is 2.13. The zero-order chi connectivity index (χ0) is 12.6. The van der Waals surface area contributed by atoms with Crippen molar-refractivity contribution in [2.45, 2.75) is 32.7 Å². The molecule has 0 atom stereocenters. The van der Waals surface area contributed by atoms with Gasteiger partial charge in [0, 0.05) is 6.42 Å². The zero-order valence-corrected chi connectivity index (χ0v) is 11.8. The van der Waals surface area contributed by atoms with Crippen LogP contribution in [-0.4, -0.2) is 14.9 Å². The van der Waals surface area contributed by atoms with Gasteiger partial charge in [-0.3, -0.25) is 0 Å². The summed E-state index contributed by atoms with van der Waals surface area (Å²) in [5.74, 6) is 2.97. The Balaban J connectivity index is 2.09. The van der Waals surface area contributed by atoms with Crippen LogP contribution in [0.2, 0.25) is 19.6 Å². The van der Waals surface area contributed by atoms with E-state index < -0.39 is 8.32 Å². The molecule has 92 valence electrons. The summed E-state index contributed by atoms with van der Waals surface area (Å²) >= 11 is 0. The number of hydrogen-bond donors (Lipinski definition) is 0. The molecule has 0 aliphatic heterocycles. The lowest BCUT2D eigenvalue weighted by atomic mass is 10.2. The molecule has 1 aromatic carbocycles. The average molecular weight is 248 g/mol. The van der Waals surface area contributed by atoms with Crippen LogP contribution in [-0.2, 0) is 15.8 Å². The van der Waals surface area contributed by atoms with Gasteiger partial charge in [-0.15, -0.1) is 0 Å². The van der Waals surface area contributed by atoms with E-state index in [9.17, 15) is 0 Å². The Labute approximate surface area is 105 Å². The summed E-state index contributed by atoms with van der Waals surface area (Å²) in [6, 6.07) is 10.1. The summed E-state index contributed by atoms with van der Waals surface area (Å²) in [4.78, 5) is 0. The van der Waals surface area contributed by atoms with Gasteiger partial charge in [0.2, 0.25) is 0 Å². The Morgan fingerprint density at radius 3 is 2.47 bits per heavy atom. The highest BCUT2D eigenvalue weighted by atomic mass is 28.4. The van der Waals surface area contributed by atoms with Gasteiger partial charge < -0.3 is 9.16 Å². The first-order valence-electron chi connectivity index (χ1n) is 5.85. The lowest BCUT2D eigenvalue weighted by molar-refractivity contribution is 0.126. The number of ether oxygens (including phenoxy) is 1. The van der Waals surface area contributed by atoms with E-state index in [0.29, 0.717) is 13.2 Å². The molecule has 0 N–H and O–H groups in total. The van der Waals surface area contributed by atoms with Gasteiger partial charge in [0.15, 0.2) is 0 Å². The van der Waals surface area contributed by atoms with Crippen molar-refractivity contribution in [2.75, 3.05) is 6.61 Å². The van der Waals surface area contributed by atoms with Crippen molar-refractivity contribution in [3.63, 3.8) is 0 Å². The molecule has 3 heteroatoms. The largest absolute Gasteiger partial charge is 0.501 e. The quantitative estimate of drug-likeness (QED) is 0.452. The van der Waals surface area contributed by atoms with Crippen molar-refractivity contribution in [3.05, 3.63) is 35.9 Å². The summed E-state index contributed by atoms with van der Waals surface area (Å²) in [6.45, 7) is 7.66. The van der Waals surface area contributed by atoms with Crippen LogP contribution in [0.5, 0.6) is 0 Å². The first kappa shape index (κ1) is 13.8. The Bertz CT molecular complexity index is 371. The van der Waals surface area contributed by atoms with E-state index >= 15 is 0 Å². The van der Waals surface area contributed by atoms with E-state index in [0.717, 1.165) is 6.42 Å². The molecule has 0 bridgehead atoms. The van der Waals surface area contributed by atoms with Crippen molar-refractivity contribution in [2.24, 2.45) is 0 Å². The minimum Gasteiger partial charge on any atom is -0.501 e. The van der Waals surface area contributed by atoms with E-state index in [2.05, 4.69) is 43.8 Å². The fraction of sp³-hybridized carbons (Fsp3) is 0.429. The van der Waals surface area contributed by atoms with Crippen LogP contribution in [0.15, 0.2) is 30.3 Å². The second-order valence-electron chi connectivity index (χ2n) is 4.78. The van der Waals surface area contributed by atoms with E-state index in [4.69, 9.17) is 9.16 Å². The molecule has 0 amide bonds. The maximum atomic E-state index is 5.51. The van der Waals surface area contributed by atoms with Crippen LogP contribution in [0.4, 0.5) is 0 Å². The van der Waals surface area contributed by atoms with Gasteiger partial charge in [0.05, 0.1) is 19.3 Å². The van der Waals surface area contributed by atoms with E-state index in [1.165, 1.54) is 5.56 Å². The first-order chi connectivity index (χ1) is 8.08. The zero-order valence-electron chi connectivity index (χ0n) is 10.8. The third-order valence-electron chi connectivity index (χ3n) is 1.91. The van der Waals surface area contributed by atoms with Gasteiger partial charge in [-0.05, 0) is 25.2 Å². The minimum absolute atomic E-state index is 0.650. The molecule has 0 aliphatic rings. The molecule has 17 heavy (non-hydrogen) atoms. The van der Waals surface area contributed by atoms with Crippen molar-refractivity contribution >= 4 is 8.32 Å². The molecule has 0 unspecified atom stereocenters. The van der Waals surface area contributed by atoms with Crippen LogP contribution < -0.4 is 0 Å². The Kier molecular flexibility index (Phi) is 5.82. The normalized spacial score (nSPS) is 10.5. The molecule has 1 rings (SSSR count). The van der Waals surface area contributed by atoms with Gasteiger partial charge in [-0.1, -0.05) is 36.3 Å². The molecule has 0 aliphatic carbocycles. The molecule has 0 heterocycles. The summed E-state index contributed by atoms with van der Waals surface area (Å²) < 4.78 is 10.9. The smallest absolute Gasteiger partial charge is 0.255 e. The Morgan fingerprint density at radius 2 is 1.82 bits per heavy atom. The summed E-state index contributed by atoms with van der Waals surface area (Å²) in [5.41, 5.74) is 1.19. The van der Waals surface area contributed by atoms with Crippen LogP contribution in [0.3, 0.4) is 0 Å². The van der Waals surface area contributed by atoms with Crippen LogP contribution in [0, 0.1) is 12.0 Å². The van der Waals surface area contributed by atoms with Crippen molar-refractivity contribution in [3.8, 4) is 12.0 Å². The molecule has 0 radical (unpaired) electrons.